The lowest BCUT2D eigenvalue weighted by molar-refractivity contribution is 0.0519. The highest BCUT2D eigenvalue weighted by atomic mass is 35.5. The number of hydrogen-bond donors (Lipinski definition) is 0. The van der Waals surface area contributed by atoms with Crippen molar-refractivity contribution in [3.63, 3.8) is 0 Å². The zero-order valence-corrected chi connectivity index (χ0v) is 17.6. The molecule has 0 atom stereocenters. The maximum Gasteiger partial charge on any atom is 0.356 e. The summed E-state index contributed by atoms with van der Waals surface area (Å²) in [5, 5.41) is 0.982. The molecule has 0 saturated carbocycles. The van der Waals surface area contributed by atoms with Crippen LogP contribution in [-0.2, 0) is 4.74 Å². The first-order valence-corrected chi connectivity index (χ1v) is 9.58. The molecule has 2 rings (SSSR count). The van der Waals surface area contributed by atoms with Crippen LogP contribution in [0, 0.1) is 11.8 Å². The fourth-order valence-corrected chi connectivity index (χ4v) is 2.82. The topological polar surface area (TPSA) is 51.7 Å². The summed E-state index contributed by atoms with van der Waals surface area (Å²) >= 11 is 12.0. The second kappa shape index (κ2) is 10.9. The van der Waals surface area contributed by atoms with Crippen LogP contribution in [0.4, 0.5) is 0 Å². The number of benzene rings is 1. The number of hydrogen-bond acceptors (Lipinski definition) is 5. The second-order valence-electron chi connectivity index (χ2n) is 6.18. The molecule has 0 unspecified atom stereocenters. The molecule has 2 aromatic rings. The van der Waals surface area contributed by atoms with Crippen molar-refractivity contribution in [2.75, 3.05) is 33.9 Å². The first kappa shape index (κ1) is 22.0. The van der Waals surface area contributed by atoms with Gasteiger partial charge in [0.2, 0.25) is 0 Å². The maximum absolute atomic E-state index is 12.0. The molecule has 0 aliphatic carbocycles. The number of carbonyl (C=O) groups is 1. The van der Waals surface area contributed by atoms with Gasteiger partial charge >= 0.3 is 5.97 Å². The summed E-state index contributed by atoms with van der Waals surface area (Å²) in [6, 6.07) is 8.29. The number of rotatable bonds is 7. The van der Waals surface area contributed by atoms with E-state index in [0.717, 1.165) is 13.0 Å². The summed E-state index contributed by atoms with van der Waals surface area (Å²) in [4.78, 5) is 18.4. The van der Waals surface area contributed by atoms with Crippen molar-refractivity contribution >= 4 is 29.2 Å². The Hall–Kier alpha value is -2.26. The Bertz CT molecular complexity index is 869. The Morgan fingerprint density at radius 1 is 1.14 bits per heavy atom. The van der Waals surface area contributed by atoms with Gasteiger partial charge in [0, 0.05) is 22.2 Å². The van der Waals surface area contributed by atoms with Gasteiger partial charge in [-0.15, -0.1) is 0 Å². The van der Waals surface area contributed by atoms with Crippen LogP contribution in [0.15, 0.2) is 30.3 Å². The number of pyridine rings is 1. The minimum absolute atomic E-state index is 0.177. The molecule has 0 N–H and O–H groups in total. The molecular weight excluding hydrogens is 399 g/mol. The molecule has 1 heterocycles. The quantitative estimate of drug-likeness (QED) is 0.379. The molecule has 0 bridgehead atoms. The highest BCUT2D eigenvalue weighted by molar-refractivity contribution is 6.34. The van der Waals surface area contributed by atoms with Gasteiger partial charge in [-0.25, -0.2) is 9.78 Å². The minimum Gasteiger partial charge on any atom is -0.491 e. The third-order valence-corrected chi connectivity index (χ3v) is 3.97. The molecule has 28 heavy (non-hydrogen) atoms. The molecule has 0 aliphatic rings. The van der Waals surface area contributed by atoms with Gasteiger partial charge < -0.3 is 14.4 Å². The SMILES string of the molecule is CCOC(=O)c1ccc(OCCCN(C)C)c(C#Cc2cc(Cl)cc(Cl)c2)n1. The number of ether oxygens (including phenoxy) is 2. The molecule has 7 heteroatoms. The fourth-order valence-electron chi connectivity index (χ4n) is 2.29. The van der Waals surface area contributed by atoms with Gasteiger partial charge in [0.25, 0.3) is 0 Å². The van der Waals surface area contributed by atoms with Crippen LogP contribution in [-0.4, -0.2) is 49.7 Å². The van der Waals surface area contributed by atoms with Crippen molar-refractivity contribution < 1.29 is 14.3 Å². The summed E-state index contributed by atoms with van der Waals surface area (Å²) in [6.45, 7) is 3.42. The molecule has 0 spiro atoms. The van der Waals surface area contributed by atoms with Gasteiger partial charge in [0.15, 0.2) is 11.4 Å². The normalized spacial score (nSPS) is 10.4. The Morgan fingerprint density at radius 3 is 2.50 bits per heavy atom. The van der Waals surface area contributed by atoms with Crippen LogP contribution < -0.4 is 4.74 Å². The standard InChI is InChI=1S/C21H22Cl2N2O3/c1-4-27-21(26)19-8-9-20(28-11-5-10-25(2)3)18(24-19)7-6-15-12-16(22)14-17(23)13-15/h8-9,12-14H,4-5,10-11H2,1-3H3. The third kappa shape index (κ3) is 7.05. The van der Waals surface area contributed by atoms with E-state index in [2.05, 4.69) is 21.7 Å². The van der Waals surface area contributed by atoms with Gasteiger partial charge in [-0.1, -0.05) is 29.1 Å². The average Bonchev–Trinajstić information content (AvgIpc) is 2.63. The molecule has 1 aromatic carbocycles. The van der Waals surface area contributed by atoms with Gasteiger partial charge in [-0.05, 0) is 63.7 Å². The van der Waals surface area contributed by atoms with E-state index >= 15 is 0 Å². The highest BCUT2D eigenvalue weighted by Crippen LogP contribution is 2.20. The Balaban J connectivity index is 2.30. The number of nitrogens with zero attached hydrogens (tertiary/aromatic N) is 2. The van der Waals surface area contributed by atoms with Crippen molar-refractivity contribution in [2.24, 2.45) is 0 Å². The lowest BCUT2D eigenvalue weighted by atomic mass is 10.2. The number of carbonyl (C=O) groups excluding carboxylic acids is 1. The first-order chi connectivity index (χ1) is 13.4. The number of esters is 1. The van der Waals surface area contributed by atoms with Crippen LogP contribution in [0.25, 0.3) is 0 Å². The van der Waals surface area contributed by atoms with Crippen molar-refractivity contribution in [1.82, 2.24) is 9.88 Å². The molecule has 0 radical (unpaired) electrons. The lowest BCUT2D eigenvalue weighted by Crippen LogP contribution is -2.16. The molecule has 5 nitrogen and oxygen atoms in total. The number of halogens is 2. The van der Waals surface area contributed by atoms with Crippen LogP contribution in [0.1, 0.15) is 35.1 Å². The Labute approximate surface area is 175 Å². The smallest absolute Gasteiger partial charge is 0.356 e. The van der Waals surface area contributed by atoms with Gasteiger partial charge in [0.05, 0.1) is 13.2 Å². The molecule has 0 fully saturated rings. The Kier molecular flexibility index (Phi) is 8.59. The average molecular weight is 421 g/mol. The van der Waals surface area contributed by atoms with E-state index in [9.17, 15) is 4.79 Å². The third-order valence-electron chi connectivity index (χ3n) is 3.54. The molecule has 0 amide bonds. The van der Waals surface area contributed by atoms with Crippen molar-refractivity contribution in [1.29, 1.82) is 0 Å². The largest absolute Gasteiger partial charge is 0.491 e. The predicted octanol–water partition coefficient (Wildman–Crippen LogP) is 4.30. The summed E-state index contributed by atoms with van der Waals surface area (Å²) in [5.74, 6) is 5.92. The van der Waals surface area contributed by atoms with E-state index in [1.807, 2.05) is 14.1 Å². The van der Waals surface area contributed by atoms with Crippen LogP contribution in [0.5, 0.6) is 5.75 Å². The second-order valence-corrected chi connectivity index (χ2v) is 7.05. The molecular formula is C21H22Cl2N2O3. The minimum atomic E-state index is -0.504. The van der Waals surface area contributed by atoms with E-state index in [-0.39, 0.29) is 12.3 Å². The summed E-state index contributed by atoms with van der Waals surface area (Å²) in [7, 11) is 4.01. The van der Waals surface area contributed by atoms with Crippen molar-refractivity contribution in [3.8, 4) is 17.6 Å². The maximum atomic E-state index is 12.0. The molecule has 0 saturated heterocycles. The number of aromatic nitrogens is 1. The molecule has 0 aliphatic heterocycles. The monoisotopic (exact) mass is 420 g/mol. The van der Waals surface area contributed by atoms with Crippen LogP contribution in [0.3, 0.4) is 0 Å². The molecule has 148 valence electrons. The summed E-state index contributed by atoms with van der Waals surface area (Å²) in [5.41, 5.74) is 1.17. The van der Waals surface area contributed by atoms with Crippen LogP contribution >= 0.6 is 23.2 Å². The van der Waals surface area contributed by atoms with Gasteiger partial charge in [-0.2, -0.15) is 0 Å². The van der Waals surface area contributed by atoms with E-state index in [1.54, 1.807) is 37.3 Å². The van der Waals surface area contributed by atoms with E-state index < -0.39 is 5.97 Å². The van der Waals surface area contributed by atoms with E-state index in [1.165, 1.54) is 0 Å². The zero-order chi connectivity index (χ0) is 20.5. The van der Waals surface area contributed by atoms with Gasteiger partial charge in [-0.3, -0.25) is 0 Å². The first-order valence-electron chi connectivity index (χ1n) is 8.83. The zero-order valence-electron chi connectivity index (χ0n) is 16.1. The van der Waals surface area contributed by atoms with E-state index in [0.29, 0.717) is 33.7 Å². The Morgan fingerprint density at radius 2 is 1.86 bits per heavy atom. The van der Waals surface area contributed by atoms with Crippen molar-refractivity contribution in [2.45, 2.75) is 13.3 Å². The fraction of sp³-hybridized carbons (Fsp3) is 0.333. The van der Waals surface area contributed by atoms with Gasteiger partial charge in [0.1, 0.15) is 5.69 Å². The highest BCUT2D eigenvalue weighted by Gasteiger charge is 2.12. The van der Waals surface area contributed by atoms with E-state index in [4.69, 9.17) is 32.7 Å². The lowest BCUT2D eigenvalue weighted by Gasteiger charge is -2.11. The molecule has 1 aromatic heterocycles. The van der Waals surface area contributed by atoms with Crippen LogP contribution in [0.2, 0.25) is 10.0 Å². The summed E-state index contributed by atoms with van der Waals surface area (Å²) < 4.78 is 10.8. The summed E-state index contributed by atoms with van der Waals surface area (Å²) in [6.07, 6.45) is 0.851. The van der Waals surface area contributed by atoms with Crippen molar-refractivity contribution in [3.05, 3.63) is 57.3 Å². The predicted molar refractivity (Wildman–Crippen MR) is 111 cm³/mol.